The summed E-state index contributed by atoms with van der Waals surface area (Å²) in [6.07, 6.45) is 1.72. The van der Waals surface area contributed by atoms with Crippen molar-refractivity contribution in [3.8, 4) is 0 Å². The van der Waals surface area contributed by atoms with Gasteiger partial charge in [-0.3, -0.25) is 4.79 Å². The smallest absolute Gasteiger partial charge is 0.252 e. The number of rotatable bonds is 8. The minimum absolute atomic E-state index is 0.113. The van der Waals surface area contributed by atoms with E-state index in [1.165, 1.54) is 28.1 Å². The Morgan fingerprint density at radius 2 is 1.82 bits per heavy atom. The van der Waals surface area contributed by atoms with E-state index >= 15 is 0 Å². The van der Waals surface area contributed by atoms with Crippen LogP contribution in [0.4, 0.5) is 0 Å². The summed E-state index contributed by atoms with van der Waals surface area (Å²) in [6, 6.07) is 14.4. The fourth-order valence-electron chi connectivity index (χ4n) is 3.01. The van der Waals surface area contributed by atoms with Crippen molar-refractivity contribution in [2.75, 3.05) is 25.4 Å². The van der Waals surface area contributed by atoms with E-state index in [0.717, 1.165) is 24.3 Å². The van der Waals surface area contributed by atoms with Crippen molar-refractivity contribution in [3.63, 3.8) is 0 Å². The van der Waals surface area contributed by atoms with Crippen molar-refractivity contribution < 1.29 is 13.2 Å². The summed E-state index contributed by atoms with van der Waals surface area (Å²) in [4.78, 5) is 12.6. The van der Waals surface area contributed by atoms with Gasteiger partial charge < -0.3 is 5.32 Å². The first-order chi connectivity index (χ1) is 13.5. The highest BCUT2D eigenvalue weighted by atomic mass is 35.5. The molecule has 2 aromatic carbocycles. The van der Waals surface area contributed by atoms with Crippen LogP contribution in [0.15, 0.2) is 53.4 Å². The Morgan fingerprint density at radius 1 is 1.11 bits per heavy atom. The first-order valence-corrected chi connectivity index (χ1v) is 12.2. The zero-order valence-corrected chi connectivity index (χ0v) is 17.8. The predicted molar refractivity (Wildman–Crippen MR) is 114 cm³/mol. The molecule has 0 spiro atoms. The second kappa shape index (κ2) is 9.78. The van der Waals surface area contributed by atoms with E-state index < -0.39 is 10.0 Å². The Kier molecular flexibility index (Phi) is 7.40. The number of thioether (sulfide) groups is 1. The molecule has 5 nitrogen and oxygen atoms in total. The highest BCUT2D eigenvalue weighted by Crippen LogP contribution is 2.25. The average Bonchev–Trinajstić information content (AvgIpc) is 3.24. The molecule has 3 rings (SSSR count). The van der Waals surface area contributed by atoms with E-state index in [9.17, 15) is 13.2 Å². The molecular weight excluding hydrogens is 416 g/mol. The van der Waals surface area contributed by atoms with Gasteiger partial charge in [-0.2, -0.15) is 16.1 Å². The lowest BCUT2D eigenvalue weighted by atomic mass is 10.2. The molecule has 150 valence electrons. The van der Waals surface area contributed by atoms with E-state index in [-0.39, 0.29) is 21.4 Å². The van der Waals surface area contributed by atoms with Crippen LogP contribution in [0, 0.1) is 0 Å². The summed E-state index contributed by atoms with van der Waals surface area (Å²) < 4.78 is 26.9. The summed E-state index contributed by atoms with van der Waals surface area (Å²) in [6.45, 7) is 1.52. The molecule has 0 atom stereocenters. The van der Waals surface area contributed by atoms with Gasteiger partial charge in [-0.05, 0) is 36.6 Å². The van der Waals surface area contributed by atoms with Crippen LogP contribution in [0.25, 0.3) is 0 Å². The van der Waals surface area contributed by atoms with Gasteiger partial charge >= 0.3 is 0 Å². The Morgan fingerprint density at radius 3 is 2.54 bits per heavy atom. The van der Waals surface area contributed by atoms with E-state index in [2.05, 4.69) is 17.4 Å². The van der Waals surface area contributed by atoms with E-state index in [1.54, 1.807) is 11.8 Å². The lowest BCUT2D eigenvalue weighted by Crippen LogP contribution is -2.29. The van der Waals surface area contributed by atoms with Crippen LogP contribution in [0.5, 0.6) is 0 Å². The number of carbonyl (C=O) groups excluding carboxylic acids is 1. The van der Waals surface area contributed by atoms with Gasteiger partial charge in [0.2, 0.25) is 10.0 Å². The van der Waals surface area contributed by atoms with Crippen molar-refractivity contribution in [2.45, 2.75) is 23.5 Å². The lowest BCUT2D eigenvalue weighted by Gasteiger charge is -2.16. The highest BCUT2D eigenvalue weighted by Gasteiger charge is 2.28. The van der Waals surface area contributed by atoms with Crippen molar-refractivity contribution in [2.24, 2.45) is 0 Å². The third-order valence-corrected chi connectivity index (χ3v) is 7.78. The number of nitrogens with zero attached hydrogens (tertiary/aromatic N) is 1. The molecule has 1 N–H and O–H groups in total. The van der Waals surface area contributed by atoms with Crippen LogP contribution in [0.1, 0.15) is 28.8 Å². The molecule has 28 heavy (non-hydrogen) atoms. The van der Waals surface area contributed by atoms with Gasteiger partial charge in [0, 0.05) is 31.1 Å². The van der Waals surface area contributed by atoms with Crippen molar-refractivity contribution in [1.29, 1.82) is 0 Å². The topological polar surface area (TPSA) is 66.5 Å². The summed E-state index contributed by atoms with van der Waals surface area (Å²) in [7, 11) is -3.58. The van der Waals surface area contributed by atoms with Gasteiger partial charge in [-0.1, -0.05) is 41.9 Å². The van der Waals surface area contributed by atoms with Crippen LogP contribution in [-0.2, 0) is 15.8 Å². The van der Waals surface area contributed by atoms with E-state index in [4.69, 9.17) is 11.6 Å². The molecule has 1 fully saturated rings. The summed E-state index contributed by atoms with van der Waals surface area (Å²) in [5, 5.41) is 3.07. The molecule has 1 aliphatic rings. The van der Waals surface area contributed by atoms with Gasteiger partial charge in [0.15, 0.2) is 0 Å². The molecule has 8 heteroatoms. The van der Waals surface area contributed by atoms with Crippen molar-refractivity contribution in [1.82, 2.24) is 9.62 Å². The van der Waals surface area contributed by atoms with Crippen LogP contribution < -0.4 is 5.32 Å². The molecule has 1 heterocycles. The minimum Gasteiger partial charge on any atom is -0.351 e. The maximum atomic E-state index is 12.7. The average molecular weight is 439 g/mol. The number of halogens is 1. The second-order valence-electron chi connectivity index (χ2n) is 6.55. The van der Waals surface area contributed by atoms with Gasteiger partial charge in [0.1, 0.15) is 0 Å². The molecule has 1 aliphatic heterocycles. The Bertz CT molecular complexity index is 914. The predicted octanol–water partition coefficient (Wildman–Crippen LogP) is 3.79. The van der Waals surface area contributed by atoms with Crippen LogP contribution in [0.2, 0.25) is 5.02 Å². The largest absolute Gasteiger partial charge is 0.351 e. The molecule has 0 aromatic heterocycles. The maximum Gasteiger partial charge on any atom is 0.252 e. The van der Waals surface area contributed by atoms with Gasteiger partial charge in [0.05, 0.1) is 15.5 Å². The number of nitrogens with one attached hydrogen (secondary N) is 1. The summed E-state index contributed by atoms with van der Waals surface area (Å²) in [5.74, 6) is 1.27. The molecule has 0 bridgehead atoms. The first kappa shape index (κ1) is 21.2. The van der Waals surface area contributed by atoms with Gasteiger partial charge in [-0.25, -0.2) is 8.42 Å². The fourth-order valence-corrected chi connectivity index (χ4v) is 5.58. The third-order valence-electron chi connectivity index (χ3n) is 4.53. The zero-order chi connectivity index (χ0) is 20.0. The molecule has 0 radical (unpaired) electrons. The number of hydrogen-bond donors (Lipinski definition) is 1. The SMILES string of the molecule is O=C(NCCSCc1ccccc1)c1cc(S(=O)(=O)N2CCCC2)ccc1Cl. The maximum absolute atomic E-state index is 12.7. The molecule has 1 saturated heterocycles. The minimum atomic E-state index is -3.58. The highest BCUT2D eigenvalue weighted by molar-refractivity contribution is 7.98. The molecule has 0 unspecified atom stereocenters. The molecule has 0 saturated carbocycles. The second-order valence-corrected chi connectivity index (χ2v) is 10.00. The normalized spacial score (nSPS) is 14.9. The molecule has 0 aliphatic carbocycles. The first-order valence-electron chi connectivity index (χ1n) is 9.18. The molecule has 2 aromatic rings. The number of hydrogen-bond acceptors (Lipinski definition) is 4. The Hall–Kier alpha value is -1.54. The number of sulfonamides is 1. The van der Waals surface area contributed by atoms with Crippen LogP contribution in [0.3, 0.4) is 0 Å². The Labute approximate surface area is 175 Å². The van der Waals surface area contributed by atoms with Gasteiger partial charge in [-0.15, -0.1) is 0 Å². The molecular formula is C20H23ClN2O3S2. The number of amides is 1. The zero-order valence-electron chi connectivity index (χ0n) is 15.4. The Balaban J connectivity index is 1.57. The van der Waals surface area contributed by atoms with E-state index in [0.29, 0.717) is 19.6 Å². The summed E-state index contributed by atoms with van der Waals surface area (Å²) in [5.41, 5.74) is 1.43. The van der Waals surface area contributed by atoms with Crippen molar-refractivity contribution >= 4 is 39.3 Å². The third kappa shape index (κ3) is 5.29. The van der Waals surface area contributed by atoms with Crippen LogP contribution in [-0.4, -0.2) is 44.0 Å². The van der Waals surface area contributed by atoms with Crippen molar-refractivity contribution in [3.05, 3.63) is 64.7 Å². The summed E-state index contributed by atoms with van der Waals surface area (Å²) >= 11 is 7.87. The molecule has 1 amide bonds. The van der Waals surface area contributed by atoms with E-state index in [1.807, 2.05) is 18.2 Å². The quantitative estimate of drug-likeness (QED) is 0.637. The number of carbonyl (C=O) groups is 1. The van der Waals surface area contributed by atoms with Crippen LogP contribution >= 0.6 is 23.4 Å². The lowest BCUT2D eigenvalue weighted by molar-refractivity contribution is 0.0956. The number of benzene rings is 2. The fraction of sp³-hybridized carbons (Fsp3) is 0.350. The monoisotopic (exact) mass is 438 g/mol. The standard InChI is InChI=1S/C20H23ClN2O3S2/c21-19-9-8-17(28(25,26)23-11-4-5-12-23)14-18(19)20(24)22-10-13-27-15-16-6-2-1-3-7-16/h1-3,6-9,14H,4-5,10-13,15H2,(H,22,24). The van der Waals surface area contributed by atoms with Gasteiger partial charge in [0.25, 0.3) is 5.91 Å².